The Morgan fingerprint density at radius 1 is 0.321 bits per heavy atom. The molecule has 11 nitrogen and oxygen atoms in total. The molecule has 0 spiro atoms. The highest BCUT2D eigenvalue weighted by atomic mass is 16.5. The molecule has 0 aromatic carbocycles. The van der Waals surface area contributed by atoms with Crippen LogP contribution < -0.4 is 0 Å². The number of unbranched alkanes of at least 4 members (excludes halogenated alkanes) is 4. The van der Waals surface area contributed by atoms with Gasteiger partial charge in [0, 0.05) is 26.2 Å². The predicted molar refractivity (Wildman–Crippen MR) is 329 cm³/mol. The lowest BCUT2D eigenvalue weighted by atomic mass is 9.97. The van der Waals surface area contributed by atoms with Crippen molar-refractivity contribution in [1.82, 2.24) is 14.7 Å². The van der Waals surface area contributed by atoms with Crippen LogP contribution in [0.4, 0.5) is 0 Å². The summed E-state index contributed by atoms with van der Waals surface area (Å²) in [6.07, 6.45) is 46.3. The molecule has 0 bridgehead atoms. The van der Waals surface area contributed by atoms with Crippen LogP contribution >= 0.6 is 0 Å². The van der Waals surface area contributed by atoms with Gasteiger partial charge in [0.05, 0.1) is 52.1 Å². The molecule has 0 aliphatic carbocycles. The Kier molecular flexibility index (Phi) is 53.3. The van der Waals surface area contributed by atoms with Gasteiger partial charge in [0.25, 0.3) is 0 Å². The topological polar surface area (TPSA) is 115 Å². The Hall–Kier alpha value is -3.28. The minimum atomic E-state index is -0.175. The lowest BCUT2D eigenvalue weighted by Crippen LogP contribution is -2.34. The minimum Gasteiger partial charge on any atom is -0.465 e. The zero-order valence-electron chi connectivity index (χ0n) is 52.2. The quantitative estimate of drug-likeness (QED) is 0.0329. The number of esters is 4. The third-order valence-electron chi connectivity index (χ3n) is 14.9. The fraction of sp³-hybridized carbons (Fsp3) is 0.821. The van der Waals surface area contributed by atoms with Crippen molar-refractivity contribution < 1.29 is 38.1 Å². The minimum absolute atomic E-state index is 0.175. The van der Waals surface area contributed by atoms with E-state index in [1.54, 1.807) is 0 Å². The molecule has 4 unspecified atom stereocenters. The van der Waals surface area contributed by atoms with Gasteiger partial charge >= 0.3 is 23.9 Å². The van der Waals surface area contributed by atoms with Crippen LogP contribution in [0.1, 0.15) is 248 Å². The van der Waals surface area contributed by atoms with Crippen LogP contribution in [-0.2, 0) is 38.1 Å². The van der Waals surface area contributed by atoms with E-state index in [0.717, 1.165) is 193 Å². The monoisotopic (exact) mass is 1100 g/mol. The average Bonchev–Trinajstić information content (AvgIpc) is 3.44. The Balaban J connectivity index is 5.79. The second-order valence-corrected chi connectivity index (χ2v) is 22.3. The number of nitrogens with zero attached hydrogens (tertiary/aromatic N) is 3. The van der Waals surface area contributed by atoms with Crippen molar-refractivity contribution in [2.24, 2.45) is 23.7 Å². The second kappa shape index (κ2) is 55.6. The normalized spacial score (nSPS) is 13.7. The van der Waals surface area contributed by atoms with Gasteiger partial charge in [0.15, 0.2) is 0 Å². The highest BCUT2D eigenvalue weighted by Gasteiger charge is 2.19. The van der Waals surface area contributed by atoms with E-state index < -0.39 is 0 Å². The summed E-state index contributed by atoms with van der Waals surface area (Å²) < 4.78 is 23.6. The fourth-order valence-corrected chi connectivity index (χ4v) is 9.72. The number of carbonyl (C=O) groups excluding carboxylic acids is 4. The lowest BCUT2D eigenvalue weighted by Gasteiger charge is -2.25. The number of ether oxygens (including phenoxy) is 4. The van der Waals surface area contributed by atoms with Crippen molar-refractivity contribution in [2.45, 2.75) is 248 Å². The van der Waals surface area contributed by atoms with Crippen molar-refractivity contribution in [2.75, 3.05) is 85.8 Å². The van der Waals surface area contributed by atoms with E-state index in [2.05, 4.69) is 126 Å². The van der Waals surface area contributed by atoms with Gasteiger partial charge in [-0.3, -0.25) is 19.2 Å². The van der Waals surface area contributed by atoms with Crippen molar-refractivity contribution in [3.8, 4) is 0 Å². The van der Waals surface area contributed by atoms with Gasteiger partial charge in [-0.2, -0.15) is 0 Å². The first-order chi connectivity index (χ1) is 38.0. The first-order valence-corrected chi connectivity index (χ1v) is 32.3. The van der Waals surface area contributed by atoms with Crippen LogP contribution in [0.5, 0.6) is 0 Å². The summed E-state index contributed by atoms with van der Waals surface area (Å²) >= 11 is 0. The highest BCUT2D eigenvalue weighted by molar-refractivity contribution is 5.71. The molecule has 0 aromatic heterocycles. The largest absolute Gasteiger partial charge is 0.465 e. The molecule has 4 atom stereocenters. The predicted octanol–water partition coefficient (Wildman–Crippen LogP) is 16.2. The van der Waals surface area contributed by atoms with E-state index in [1.165, 1.54) is 0 Å². The summed E-state index contributed by atoms with van der Waals surface area (Å²) in [5, 5.41) is 0. The number of allylic oxidation sites excluding steroid dienone is 8. The SMILES string of the molecule is CC/C=C\CCC(CCCC)COC(=O)CCN(CCCN(C)CCCN(CCC(=O)OCC(CC/C=C\CC)CCCC)CCC(=O)OCC(CC/C=C\CC)CCCC)CCC(=O)OCC(CC/C=C\CC)CCCC. The van der Waals surface area contributed by atoms with Crippen LogP contribution in [0.3, 0.4) is 0 Å². The molecule has 0 amide bonds. The van der Waals surface area contributed by atoms with Gasteiger partial charge < -0.3 is 33.6 Å². The molecule has 0 N–H and O–H groups in total. The summed E-state index contributed by atoms with van der Waals surface area (Å²) in [6.45, 7) is 24.6. The Bertz CT molecular complexity index is 1320. The second-order valence-electron chi connectivity index (χ2n) is 22.3. The molecule has 454 valence electrons. The molecule has 0 saturated carbocycles. The van der Waals surface area contributed by atoms with Crippen molar-refractivity contribution >= 4 is 23.9 Å². The van der Waals surface area contributed by atoms with Crippen molar-refractivity contribution in [3.05, 3.63) is 48.6 Å². The molecule has 11 heteroatoms. The Morgan fingerprint density at radius 3 is 0.782 bits per heavy atom. The summed E-state index contributed by atoms with van der Waals surface area (Å²) in [7, 11) is 2.14. The molecule has 0 rings (SSSR count). The van der Waals surface area contributed by atoms with Gasteiger partial charge in [-0.1, -0.05) is 155 Å². The van der Waals surface area contributed by atoms with Gasteiger partial charge in [-0.15, -0.1) is 0 Å². The van der Waals surface area contributed by atoms with Crippen LogP contribution in [0, 0.1) is 23.7 Å². The van der Waals surface area contributed by atoms with Crippen LogP contribution in [0.2, 0.25) is 0 Å². The average molecular weight is 1100 g/mol. The maximum atomic E-state index is 13.2. The standard InChI is InChI=1S/C67H123N3O8/c1-10-18-26-30-40-60(36-22-14-5)56-75-64(71)44-52-69(53-45-65(72)76-57-61(37-23-15-6)41-31-27-19-11-2)50-34-48-68(9)49-35-51-70(54-46-66(73)77-58-62(38-24-16-7)42-32-28-20-12-3)55-47-67(74)78-59-63(39-25-17-8)43-33-29-21-13-4/h18-21,26-29,60-63H,10-17,22-25,30-59H2,1-9H3/b26-18-,27-19-,28-20-,29-21-. The molecule has 0 radical (unpaired) electrons. The summed E-state index contributed by atoms with van der Waals surface area (Å²) in [5.74, 6) is 0.754. The van der Waals surface area contributed by atoms with Crippen molar-refractivity contribution in [1.29, 1.82) is 0 Å². The molecule has 0 fully saturated rings. The van der Waals surface area contributed by atoms with Crippen molar-refractivity contribution in [3.63, 3.8) is 0 Å². The van der Waals surface area contributed by atoms with Gasteiger partial charge in [-0.25, -0.2) is 0 Å². The van der Waals surface area contributed by atoms with Crippen LogP contribution in [0.15, 0.2) is 48.6 Å². The first-order valence-electron chi connectivity index (χ1n) is 32.3. The number of hydrogen-bond donors (Lipinski definition) is 0. The maximum Gasteiger partial charge on any atom is 0.307 e. The third-order valence-corrected chi connectivity index (χ3v) is 14.9. The molecule has 0 heterocycles. The summed E-state index contributed by atoms with van der Waals surface area (Å²) in [5.41, 5.74) is 0. The van der Waals surface area contributed by atoms with Gasteiger partial charge in [0.1, 0.15) is 0 Å². The third kappa shape index (κ3) is 47.5. The number of carbonyl (C=O) groups is 4. The van der Waals surface area contributed by atoms with E-state index in [4.69, 9.17) is 18.9 Å². The van der Waals surface area contributed by atoms with Gasteiger partial charge in [-0.05, 0) is 172 Å². The molecule has 0 aliphatic rings. The van der Waals surface area contributed by atoms with Crippen LogP contribution in [0.25, 0.3) is 0 Å². The molecular formula is C67H123N3O8. The zero-order chi connectivity index (χ0) is 57.5. The molecule has 78 heavy (non-hydrogen) atoms. The molecule has 0 saturated heterocycles. The highest BCUT2D eigenvalue weighted by Crippen LogP contribution is 2.20. The van der Waals surface area contributed by atoms with E-state index >= 15 is 0 Å². The summed E-state index contributed by atoms with van der Waals surface area (Å²) in [6, 6.07) is 0. The number of hydrogen-bond acceptors (Lipinski definition) is 11. The molecule has 0 aromatic rings. The van der Waals surface area contributed by atoms with E-state index in [-0.39, 0.29) is 49.6 Å². The molecule has 0 aliphatic heterocycles. The molecular weight excluding hydrogens is 975 g/mol. The maximum absolute atomic E-state index is 13.2. The van der Waals surface area contributed by atoms with E-state index in [1.807, 2.05) is 0 Å². The zero-order valence-corrected chi connectivity index (χ0v) is 52.2. The van der Waals surface area contributed by atoms with E-state index in [9.17, 15) is 19.2 Å². The van der Waals surface area contributed by atoms with E-state index in [0.29, 0.717) is 76.3 Å². The smallest absolute Gasteiger partial charge is 0.307 e. The van der Waals surface area contributed by atoms with Gasteiger partial charge in [0.2, 0.25) is 0 Å². The van der Waals surface area contributed by atoms with Crippen LogP contribution in [-0.4, -0.2) is 124 Å². The number of rotatable bonds is 56. The first kappa shape index (κ1) is 74.7. The Morgan fingerprint density at radius 2 is 0.564 bits per heavy atom. The fourth-order valence-electron chi connectivity index (χ4n) is 9.72. The Labute approximate surface area is 480 Å². The summed E-state index contributed by atoms with van der Waals surface area (Å²) in [4.78, 5) is 59.7. The lowest BCUT2D eigenvalue weighted by molar-refractivity contribution is -0.147.